The van der Waals surface area contributed by atoms with E-state index in [9.17, 15) is 4.79 Å². The molecule has 7 heteroatoms. The van der Waals surface area contributed by atoms with E-state index in [4.69, 9.17) is 13.9 Å². The van der Waals surface area contributed by atoms with Crippen LogP contribution in [0.5, 0.6) is 5.75 Å². The summed E-state index contributed by atoms with van der Waals surface area (Å²) in [5, 5.41) is 0. The number of furan rings is 1. The van der Waals surface area contributed by atoms with Crippen molar-refractivity contribution < 1.29 is 18.7 Å². The highest BCUT2D eigenvalue weighted by Crippen LogP contribution is 2.31. The van der Waals surface area contributed by atoms with Crippen LogP contribution in [-0.4, -0.2) is 11.9 Å². The van der Waals surface area contributed by atoms with E-state index in [-0.39, 0.29) is 11.6 Å². The maximum Gasteiger partial charge on any atom is 0.363 e. The van der Waals surface area contributed by atoms with Gasteiger partial charge in [0.25, 0.3) is 5.90 Å². The molecule has 1 aliphatic rings. The third kappa shape index (κ3) is 4.55. The van der Waals surface area contributed by atoms with Gasteiger partial charge in [0.15, 0.2) is 11.5 Å². The van der Waals surface area contributed by atoms with Crippen LogP contribution in [0.1, 0.15) is 22.5 Å². The summed E-state index contributed by atoms with van der Waals surface area (Å²) in [4.78, 5) is 16.4. The molecule has 2 aromatic carbocycles. The van der Waals surface area contributed by atoms with Crippen molar-refractivity contribution in [2.75, 3.05) is 0 Å². The van der Waals surface area contributed by atoms with E-state index in [1.807, 2.05) is 24.3 Å². The summed E-state index contributed by atoms with van der Waals surface area (Å²) in [5.74, 6) is 0.923. The predicted octanol–water partition coefficient (Wildman–Crippen LogP) is 5.72. The van der Waals surface area contributed by atoms with Crippen molar-refractivity contribution >= 4 is 63.1 Å². The second-order valence-electron chi connectivity index (χ2n) is 6.34. The van der Waals surface area contributed by atoms with Crippen molar-refractivity contribution in [3.05, 3.63) is 90.1 Å². The lowest BCUT2D eigenvalue weighted by Crippen LogP contribution is -2.04. The highest BCUT2D eigenvalue weighted by molar-refractivity contribution is 14.1. The SMILES string of the molecule is Cc1ccccc1COc1c(I)cc(/C=C2\N=C(c3ccco3)OC2=O)cc1I. The third-order valence-corrected chi connectivity index (χ3v) is 5.91. The molecule has 0 bridgehead atoms. The standard InChI is InChI=1S/C22H15I2NO4/c1-13-5-2-3-6-15(13)12-28-20-16(23)9-14(10-17(20)24)11-18-22(26)29-21(25-18)19-7-4-8-27-19/h2-11H,12H2,1H3/b18-11-. The first kappa shape index (κ1) is 20.1. The fourth-order valence-corrected chi connectivity index (χ4v) is 4.92. The summed E-state index contributed by atoms with van der Waals surface area (Å²) in [7, 11) is 0. The van der Waals surface area contributed by atoms with Crippen LogP contribution in [-0.2, 0) is 16.1 Å². The Bertz CT molecular complexity index is 1110. The number of halogens is 2. The number of carbonyl (C=O) groups is 1. The first-order valence-corrected chi connectivity index (χ1v) is 10.9. The van der Waals surface area contributed by atoms with Crippen LogP contribution >= 0.6 is 45.2 Å². The van der Waals surface area contributed by atoms with E-state index in [1.54, 1.807) is 18.2 Å². The Morgan fingerprint density at radius 3 is 2.55 bits per heavy atom. The molecule has 1 aliphatic heterocycles. The molecule has 4 rings (SSSR count). The van der Waals surface area contributed by atoms with Crippen LogP contribution in [0.4, 0.5) is 0 Å². The van der Waals surface area contributed by atoms with Crippen molar-refractivity contribution in [3.8, 4) is 5.75 Å². The molecule has 29 heavy (non-hydrogen) atoms. The zero-order valence-electron chi connectivity index (χ0n) is 15.3. The Morgan fingerprint density at radius 2 is 1.86 bits per heavy atom. The molecule has 0 spiro atoms. The lowest BCUT2D eigenvalue weighted by atomic mass is 10.1. The Hall–Kier alpha value is -2.14. The third-order valence-electron chi connectivity index (χ3n) is 4.31. The molecule has 5 nitrogen and oxygen atoms in total. The topological polar surface area (TPSA) is 61.0 Å². The Balaban J connectivity index is 1.56. The molecule has 0 amide bonds. The molecule has 0 aliphatic carbocycles. The first-order chi connectivity index (χ1) is 14.0. The van der Waals surface area contributed by atoms with Crippen LogP contribution in [0.3, 0.4) is 0 Å². The summed E-state index contributed by atoms with van der Waals surface area (Å²) >= 11 is 4.48. The number of cyclic esters (lactones) is 1. The van der Waals surface area contributed by atoms with Gasteiger partial charge in [0, 0.05) is 0 Å². The van der Waals surface area contributed by atoms with Gasteiger partial charge in [0.1, 0.15) is 12.4 Å². The van der Waals surface area contributed by atoms with E-state index >= 15 is 0 Å². The second-order valence-corrected chi connectivity index (χ2v) is 8.67. The second kappa shape index (κ2) is 8.70. The van der Waals surface area contributed by atoms with Crippen molar-refractivity contribution in [3.63, 3.8) is 0 Å². The number of aryl methyl sites for hydroxylation is 1. The summed E-state index contributed by atoms with van der Waals surface area (Å²) in [6.45, 7) is 2.57. The van der Waals surface area contributed by atoms with Gasteiger partial charge >= 0.3 is 5.97 Å². The number of rotatable bonds is 5. The van der Waals surface area contributed by atoms with Gasteiger partial charge in [-0.05, 0) is 99.1 Å². The van der Waals surface area contributed by atoms with Crippen LogP contribution in [0.2, 0.25) is 0 Å². The lowest BCUT2D eigenvalue weighted by Gasteiger charge is -2.13. The van der Waals surface area contributed by atoms with Gasteiger partial charge in [-0.15, -0.1) is 0 Å². The average Bonchev–Trinajstić information content (AvgIpc) is 3.33. The highest BCUT2D eigenvalue weighted by Gasteiger charge is 2.26. The van der Waals surface area contributed by atoms with E-state index in [2.05, 4.69) is 69.2 Å². The fraction of sp³-hybridized carbons (Fsp3) is 0.0909. The van der Waals surface area contributed by atoms with Gasteiger partial charge < -0.3 is 13.9 Å². The van der Waals surface area contributed by atoms with Crippen molar-refractivity contribution in [2.24, 2.45) is 4.99 Å². The van der Waals surface area contributed by atoms with Crippen LogP contribution in [0.25, 0.3) is 6.08 Å². The molecule has 0 saturated heterocycles. The first-order valence-electron chi connectivity index (χ1n) is 8.74. The summed E-state index contributed by atoms with van der Waals surface area (Å²) in [5.41, 5.74) is 3.43. The number of esters is 1. The molecule has 0 atom stereocenters. The minimum atomic E-state index is -0.499. The number of hydrogen-bond acceptors (Lipinski definition) is 5. The number of aliphatic imine (C=N–C) groups is 1. The number of ether oxygens (including phenoxy) is 2. The van der Waals surface area contributed by atoms with Crippen molar-refractivity contribution in [2.45, 2.75) is 13.5 Å². The van der Waals surface area contributed by atoms with Crippen LogP contribution in [0.15, 0.2) is 69.9 Å². The van der Waals surface area contributed by atoms with Gasteiger partial charge in [-0.1, -0.05) is 24.3 Å². The quantitative estimate of drug-likeness (QED) is 0.211. The van der Waals surface area contributed by atoms with Crippen molar-refractivity contribution in [1.29, 1.82) is 0 Å². The maximum atomic E-state index is 12.1. The predicted molar refractivity (Wildman–Crippen MR) is 127 cm³/mol. The lowest BCUT2D eigenvalue weighted by molar-refractivity contribution is -0.130. The number of hydrogen-bond donors (Lipinski definition) is 0. The molecular formula is C22H15I2NO4. The summed E-state index contributed by atoms with van der Waals surface area (Å²) < 4.78 is 18.4. The Labute approximate surface area is 195 Å². The number of benzene rings is 2. The summed E-state index contributed by atoms with van der Waals surface area (Å²) in [6, 6.07) is 15.5. The highest BCUT2D eigenvalue weighted by atomic mass is 127. The molecule has 3 aromatic rings. The molecule has 1 aromatic heterocycles. The molecule has 0 N–H and O–H groups in total. The molecule has 2 heterocycles. The molecule has 0 saturated carbocycles. The Morgan fingerprint density at radius 1 is 1.10 bits per heavy atom. The summed E-state index contributed by atoms with van der Waals surface area (Å²) in [6.07, 6.45) is 3.21. The molecular weight excluding hydrogens is 596 g/mol. The smallest absolute Gasteiger partial charge is 0.363 e. The fourth-order valence-electron chi connectivity index (χ4n) is 2.80. The molecule has 146 valence electrons. The maximum absolute atomic E-state index is 12.1. The van der Waals surface area contributed by atoms with E-state index in [0.717, 1.165) is 24.0 Å². The van der Waals surface area contributed by atoms with E-state index in [1.165, 1.54) is 11.8 Å². The largest absolute Gasteiger partial charge is 0.487 e. The van der Waals surface area contributed by atoms with Crippen molar-refractivity contribution in [1.82, 2.24) is 0 Å². The number of carbonyl (C=O) groups excluding carboxylic acids is 1. The van der Waals surface area contributed by atoms with E-state index in [0.29, 0.717) is 12.4 Å². The zero-order chi connectivity index (χ0) is 20.4. The minimum Gasteiger partial charge on any atom is -0.487 e. The van der Waals surface area contributed by atoms with Gasteiger partial charge in [-0.3, -0.25) is 0 Å². The molecule has 0 unspecified atom stereocenters. The van der Waals surface area contributed by atoms with Gasteiger partial charge in [-0.2, -0.15) is 0 Å². The van der Waals surface area contributed by atoms with Gasteiger partial charge in [0.05, 0.1) is 13.4 Å². The normalized spacial score (nSPS) is 14.8. The number of nitrogens with zero attached hydrogens (tertiary/aromatic N) is 1. The molecule has 0 fully saturated rings. The van der Waals surface area contributed by atoms with E-state index < -0.39 is 5.97 Å². The minimum absolute atomic E-state index is 0.175. The van der Waals surface area contributed by atoms with Crippen LogP contribution < -0.4 is 4.74 Å². The van der Waals surface area contributed by atoms with Gasteiger partial charge in [-0.25, -0.2) is 9.79 Å². The molecule has 0 radical (unpaired) electrons. The average molecular weight is 611 g/mol. The Kier molecular flexibility index (Phi) is 6.04. The monoisotopic (exact) mass is 611 g/mol. The van der Waals surface area contributed by atoms with Crippen LogP contribution in [0, 0.1) is 14.1 Å². The van der Waals surface area contributed by atoms with Gasteiger partial charge in [0.2, 0.25) is 0 Å². The zero-order valence-corrected chi connectivity index (χ0v) is 19.6.